The highest BCUT2D eigenvalue weighted by Crippen LogP contribution is 2.01. The SMILES string of the molecule is Cc1ccc(CNC(=S)NN)cc1. The normalized spacial score (nSPS) is 9.38. The summed E-state index contributed by atoms with van der Waals surface area (Å²) in [4.78, 5) is 0. The van der Waals surface area contributed by atoms with Crippen molar-refractivity contribution >= 4 is 17.3 Å². The van der Waals surface area contributed by atoms with Gasteiger partial charge in [-0.25, -0.2) is 5.84 Å². The van der Waals surface area contributed by atoms with Crippen LogP contribution in [-0.2, 0) is 6.54 Å². The van der Waals surface area contributed by atoms with Gasteiger partial charge in [-0.3, -0.25) is 0 Å². The molecule has 1 aromatic carbocycles. The second-order valence-corrected chi connectivity index (χ2v) is 3.22. The summed E-state index contributed by atoms with van der Waals surface area (Å²) in [6.07, 6.45) is 0. The van der Waals surface area contributed by atoms with Crippen molar-refractivity contribution in [1.82, 2.24) is 10.7 Å². The molecule has 0 saturated carbocycles. The van der Waals surface area contributed by atoms with Crippen molar-refractivity contribution in [3.8, 4) is 0 Å². The van der Waals surface area contributed by atoms with Crippen LogP contribution in [0.2, 0.25) is 0 Å². The molecular formula is C9H13N3S. The van der Waals surface area contributed by atoms with E-state index in [1.54, 1.807) is 0 Å². The molecule has 0 saturated heterocycles. The molecule has 0 amide bonds. The van der Waals surface area contributed by atoms with Gasteiger partial charge < -0.3 is 10.7 Å². The molecule has 1 aromatic rings. The Morgan fingerprint density at radius 2 is 2.00 bits per heavy atom. The van der Waals surface area contributed by atoms with E-state index in [9.17, 15) is 0 Å². The molecule has 70 valence electrons. The van der Waals surface area contributed by atoms with Crippen LogP contribution in [0.25, 0.3) is 0 Å². The summed E-state index contributed by atoms with van der Waals surface area (Å²) < 4.78 is 0. The van der Waals surface area contributed by atoms with Gasteiger partial charge in [0.05, 0.1) is 0 Å². The van der Waals surface area contributed by atoms with Crippen LogP contribution in [0.4, 0.5) is 0 Å². The summed E-state index contributed by atoms with van der Waals surface area (Å²) in [5.41, 5.74) is 4.80. The zero-order valence-electron chi connectivity index (χ0n) is 7.50. The minimum absolute atomic E-state index is 0.459. The second kappa shape index (κ2) is 4.79. The van der Waals surface area contributed by atoms with Crippen LogP contribution in [0.1, 0.15) is 11.1 Å². The molecule has 0 spiro atoms. The second-order valence-electron chi connectivity index (χ2n) is 2.81. The largest absolute Gasteiger partial charge is 0.358 e. The van der Waals surface area contributed by atoms with Crippen LogP contribution in [0.3, 0.4) is 0 Å². The van der Waals surface area contributed by atoms with E-state index in [2.05, 4.69) is 41.9 Å². The van der Waals surface area contributed by atoms with Gasteiger partial charge in [0.15, 0.2) is 5.11 Å². The van der Waals surface area contributed by atoms with Gasteiger partial charge in [-0.15, -0.1) is 0 Å². The lowest BCUT2D eigenvalue weighted by atomic mass is 10.1. The van der Waals surface area contributed by atoms with E-state index in [0.717, 1.165) is 0 Å². The van der Waals surface area contributed by atoms with Crippen molar-refractivity contribution in [2.75, 3.05) is 0 Å². The third-order valence-electron chi connectivity index (χ3n) is 1.70. The lowest BCUT2D eigenvalue weighted by Crippen LogP contribution is -2.39. The van der Waals surface area contributed by atoms with E-state index in [4.69, 9.17) is 18.1 Å². The molecule has 0 aliphatic carbocycles. The number of aryl methyl sites for hydroxylation is 1. The van der Waals surface area contributed by atoms with E-state index in [1.165, 1.54) is 11.1 Å². The molecule has 3 nitrogen and oxygen atoms in total. The van der Waals surface area contributed by atoms with E-state index < -0.39 is 0 Å². The average Bonchev–Trinajstić information content (AvgIpc) is 2.16. The molecule has 0 aliphatic heterocycles. The predicted octanol–water partition coefficient (Wildman–Crippen LogP) is 0.833. The van der Waals surface area contributed by atoms with Crippen molar-refractivity contribution < 1.29 is 0 Å². The highest BCUT2D eigenvalue weighted by atomic mass is 32.1. The highest BCUT2D eigenvalue weighted by molar-refractivity contribution is 7.80. The predicted molar refractivity (Wildman–Crippen MR) is 57.9 cm³/mol. The molecule has 0 fully saturated rings. The summed E-state index contributed by atoms with van der Waals surface area (Å²) in [6.45, 7) is 2.76. The quantitative estimate of drug-likeness (QED) is 0.372. The monoisotopic (exact) mass is 195 g/mol. The maximum Gasteiger partial charge on any atom is 0.180 e. The molecule has 0 bridgehead atoms. The number of benzene rings is 1. The van der Waals surface area contributed by atoms with E-state index in [0.29, 0.717) is 11.7 Å². The maximum absolute atomic E-state index is 5.11. The van der Waals surface area contributed by atoms with Gasteiger partial charge in [0.2, 0.25) is 0 Å². The lowest BCUT2D eigenvalue weighted by Gasteiger charge is -2.06. The minimum Gasteiger partial charge on any atom is -0.358 e. The van der Waals surface area contributed by atoms with Gasteiger partial charge in [-0.2, -0.15) is 0 Å². The number of nitrogens with two attached hydrogens (primary N) is 1. The molecule has 0 atom stereocenters. The fraction of sp³-hybridized carbons (Fsp3) is 0.222. The number of hydrogen-bond donors (Lipinski definition) is 3. The van der Waals surface area contributed by atoms with Gasteiger partial charge in [0.25, 0.3) is 0 Å². The van der Waals surface area contributed by atoms with Gasteiger partial charge in [-0.1, -0.05) is 29.8 Å². The maximum atomic E-state index is 5.11. The summed E-state index contributed by atoms with van der Waals surface area (Å²) in [5.74, 6) is 5.11. The molecule has 4 heteroatoms. The Morgan fingerprint density at radius 1 is 1.38 bits per heavy atom. The van der Waals surface area contributed by atoms with Gasteiger partial charge in [0.1, 0.15) is 0 Å². The topological polar surface area (TPSA) is 50.1 Å². The standard InChI is InChI=1S/C9H13N3S/c1-7-2-4-8(5-3-7)6-11-9(13)12-10/h2-5H,6,10H2,1H3,(H2,11,12,13). The van der Waals surface area contributed by atoms with Crippen molar-refractivity contribution in [1.29, 1.82) is 0 Å². The van der Waals surface area contributed by atoms with Gasteiger partial charge in [0, 0.05) is 6.54 Å². The van der Waals surface area contributed by atoms with Crippen molar-refractivity contribution in [3.05, 3.63) is 35.4 Å². The van der Waals surface area contributed by atoms with Crippen molar-refractivity contribution in [3.63, 3.8) is 0 Å². The van der Waals surface area contributed by atoms with Crippen LogP contribution >= 0.6 is 12.2 Å². The van der Waals surface area contributed by atoms with Crippen LogP contribution in [-0.4, -0.2) is 5.11 Å². The first-order chi connectivity index (χ1) is 6.22. The number of hydrazine groups is 1. The molecular weight excluding hydrogens is 182 g/mol. The fourth-order valence-electron chi connectivity index (χ4n) is 0.939. The van der Waals surface area contributed by atoms with Crippen LogP contribution in [0, 0.1) is 6.92 Å². The Balaban J connectivity index is 2.46. The molecule has 13 heavy (non-hydrogen) atoms. The zero-order valence-corrected chi connectivity index (χ0v) is 8.32. The Morgan fingerprint density at radius 3 is 2.54 bits per heavy atom. The zero-order chi connectivity index (χ0) is 9.68. The lowest BCUT2D eigenvalue weighted by molar-refractivity contribution is 0.866. The first-order valence-electron chi connectivity index (χ1n) is 4.02. The summed E-state index contributed by atoms with van der Waals surface area (Å²) in [7, 11) is 0. The minimum atomic E-state index is 0.459. The summed E-state index contributed by atoms with van der Waals surface area (Å²) in [6, 6.07) is 8.24. The summed E-state index contributed by atoms with van der Waals surface area (Å²) in [5, 5.41) is 3.42. The van der Waals surface area contributed by atoms with E-state index in [1.807, 2.05) is 0 Å². The third kappa shape index (κ3) is 3.40. The molecule has 0 aliphatic rings. The molecule has 0 aromatic heterocycles. The summed E-state index contributed by atoms with van der Waals surface area (Å²) >= 11 is 4.83. The Hall–Kier alpha value is -1.13. The van der Waals surface area contributed by atoms with Crippen LogP contribution in [0.15, 0.2) is 24.3 Å². The third-order valence-corrected chi connectivity index (χ3v) is 1.97. The first kappa shape index (κ1) is 9.95. The Labute approximate surface area is 83.3 Å². The molecule has 4 N–H and O–H groups in total. The highest BCUT2D eigenvalue weighted by Gasteiger charge is 1.93. The number of rotatable bonds is 2. The molecule has 1 rings (SSSR count). The number of thiocarbonyl (C=S) groups is 1. The van der Waals surface area contributed by atoms with E-state index in [-0.39, 0.29) is 0 Å². The molecule has 0 radical (unpaired) electrons. The first-order valence-corrected chi connectivity index (χ1v) is 4.43. The fourth-order valence-corrected chi connectivity index (χ4v) is 1.01. The molecule has 0 heterocycles. The Kier molecular flexibility index (Phi) is 3.67. The Bertz CT molecular complexity index is 281. The van der Waals surface area contributed by atoms with Crippen molar-refractivity contribution in [2.24, 2.45) is 5.84 Å². The van der Waals surface area contributed by atoms with Crippen molar-refractivity contribution in [2.45, 2.75) is 13.5 Å². The number of nitrogens with one attached hydrogen (secondary N) is 2. The molecule has 0 unspecified atom stereocenters. The average molecular weight is 195 g/mol. The smallest absolute Gasteiger partial charge is 0.180 e. The van der Waals surface area contributed by atoms with Gasteiger partial charge in [-0.05, 0) is 24.7 Å². The van der Waals surface area contributed by atoms with Gasteiger partial charge >= 0.3 is 0 Å². The number of hydrogen-bond acceptors (Lipinski definition) is 2. The van der Waals surface area contributed by atoms with Crippen LogP contribution in [0.5, 0.6) is 0 Å². The van der Waals surface area contributed by atoms with E-state index >= 15 is 0 Å². The van der Waals surface area contributed by atoms with Crippen LogP contribution < -0.4 is 16.6 Å².